The zero-order valence-corrected chi connectivity index (χ0v) is 17.5. The summed E-state index contributed by atoms with van der Waals surface area (Å²) in [7, 11) is 0. The van der Waals surface area contributed by atoms with E-state index in [4.69, 9.17) is 9.15 Å². The summed E-state index contributed by atoms with van der Waals surface area (Å²) in [5.74, 6) is -2.58. The third-order valence-electron chi connectivity index (χ3n) is 5.88. The van der Waals surface area contributed by atoms with Crippen LogP contribution < -0.4 is 10.2 Å². The van der Waals surface area contributed by atoms with Crippen LogP contribution in [0.2, 0.25) is 0 Å². The van der Waals surface area contributed by atoms with Gasteiger partial charge >= 0.3 is 6.18 Å². The quantitative estimate of drug-likeness (QED) is 0.405. The summed E-state index contributed by atoms with van der Waals surface area (Å²) in [5, 5.41) is 11.9. The van der Waals surface area contributed by atoms with Crippen molar-refractivity contribution in [2.24, 2.45) is 0 Å². The average molecular weight is 455 g/mol. The van der Waals surface area contributed by atoms with Crippen LogP contribution in [0.25, 0.3) is 21.7 Å². The minimum atomic E-state index is -4.98. The normalized spacial score (nSPS) is 14.9. The van der Waals surface area contributed by atoms with Gasteiger partial charge in [0.15, 0.2) is 0 Å². The maximum absolute atomic E-state index is 14.0. The molecular formula is C25H20F3NO4. The van der Waals surface area contributed by atoms with Crippen molar-refractivity contribution in [2.45, 2.75) is 25.6 Å². The van der Waals surface area contributed by atoms with E-state index in [1.54, 1.807) is 24.3 Å². The summed E-state index contributed by atoms with van der Waals surface area (Å²) in [5.41, 5.74) is -1.06. The summed E-state index contributed by atoms with van der Waals surface area (Å²) in [6.07, 6.45) is -3.05. The van der Waals surface area contributed by atoms with E-state index < -0.39 is 23.1 Å². The van der Waals surface area contributed by atoms with Crippen molar-refractivity contribution in [1.82, 2.24) is 4.90 Å². The van der Waals surface area contributed by atoms with Crippen molar-refractivity contribution >= 4 is 21.7 Å². The van der Waals surface area contributed by atoms with E-state index >= 15 is 0 Å². The fourth-order valence-corrected chi connectivity index (χ4v) is 4.23. The van der Waals surface area contributed by atoms with E-state index in [1.165, 1.54) is 18.2 Å². The zero-order valence-electron chi connectivity index (χ0n) is 17.5. The first kappa shape index (κ1) is 21.3. The van der Waals surface area contributed by atoms with Gasteiger partial charge in [-0.3, -0.25) is 9.69 Å². The van der Waals surface area contributed by atoms with Crippen LogP contribution in [-0.2, 0) is 12.7 Å². The molecule has 1 aliphatic rings. The lowest BCUT2D eigenvalue weighted by Crippen LogP contribution is -2.20. The molecule has 33 heavy (non-hydrogen) atoms. The molecule has 1 aliphatic heterocycles. The van der Waals surface area contributed by atoms with Crippen LogP contribution in [0.5, 0.6) is 17.2 Å². The minimum absolute atomic E-state index is 0.0780. The SMILES string of the molecule is O=c1c(Oc2ccc3ccccc3c2)c(C(F)(F)F)oc2c(CN3CCCC3)c(O)ccc12. The molecule has 0 saturated carbocycles. The highest BCUT2D eigenvalue weighted by Crippen LogP contribution is 2.40. The summed E-state index contributed by atoms with van der Waals surface area (Å²) >= 11 is 0. The first-order chi connectivity index (χ1) is 15.8. The number of nitrogens with zero attached hydrogens (tertiary/aromatic N) is 1. The molecule has 2 heterocycles. The van der Waals surface area contributed by atoms with Crippen molar-refractivity contribution in [3.63, 3.8) is 0 Å². The van der Waals surface area contributed by atoms with Crippen LogP contribution in [0.1, 0.15) is 24.2 Å². The first-order valence-corrected chi connectivity index (χ1v) is 10.6. The van der Waals surface area contributed by atoms with Gasteiger partial charge in [0.2, 0.25) is 11.2 Å². The Morgan fingerprint density at radius 2 is 1.73 bits per heavy atom. The molecule has 5 nitrogen and oxygen atoms in total. The highest BCUT2D eigenvalue weighted by molar-refractivity contribution is 5.85. The Hall–Kier alpha value is -3.52. The number of benzene rings is 3. The molecule has 0 radical (unpaired) electrons. The number of ether oxygens (including phenoxy) is 1. The topological polar surface area (TPSA) is 62.9 Å². The van der Waals surface area contributed by atoms with Gasteiger partial charge in [0.05, 0.1) is 10.9 Å². The van der Waals surface area contributed by atoms with Crippen LogP contribution in [0.4, 0.5) is 13.2 Å². The molecule has 8 heteroatoms. The maximum atomic E-state index is 14.0. The number of rotatable bonds is 4. The second-order valence-corrected chi connectivity index (χ2v) is 8.12. The highest BCUT2D eigenvalue weighted by atomic mass is 19.4. The molecule has 1 fully saturated rings. The maximum Gasteiger partial charge on any atom is 0.453 e. The molecule has 5 rings (SSSR count). The Kier molecular flexibility index (Phi) is 5.25. The molecule has 0 amide bonds. The van der Waals surface area contributed by atoms with Gasteiger partial charge in [-0.25, -0.2) is 0 Å². The van der Waals surface area contributed by atoms with Crippen LogP contribution >= 0.6 is 0 Å². The summed E-state index contributed by atoms with van der Waals surface area (Å²) in [6, 6.07) is 14.6. The van der Waals surface area contributed by atoms with Crippen LogP contribution in [0.3, 0.4) is 0 Å². The third-order valence-corrected chi connectivity index (χ3v) is 5.88. The number of alkyl halides is 3. The van der Waals surface area contributed by atoms with Gasteiger partial charge < -0.3 is 14.3 Å². The number of halogens is 3. The molecule has 4 aromatic rings. The Morgan fingerprint density at radius 3 is 2.45 bits per heavy atom. The number of hydrogen-bond acceptors (Lipinski definition) is 5. The second kappa shape index (κ2) is 8.12. The predicted molar refractivity (Wildman–Crippen MR) is 118 cm³/mol. The van der Waals surface area contributed by atoms with Crippen LogP contribution in [0.15, 0.2) is 63.8 Å². The Morgan fingerprint density at radius 1 is 1.00 bits per heavy atom. The van der Waals surface area contributed by atoms with Gasteiger partial charge in [-0.2, -0.15) is 13.2 Å². The molecule has 1 N–H and O–H groups in total. The molecule has 170 valence electrons. The van der Waals surface area contributed by atoms with E-state index in [2.05, 4.69) is 0 Å². The molecule has 1 saturated heterocycles. The van der Waals surface area contributed by atoms with Crippen LogP contribution in [0, 0.1) is 0 Å². The monoisotopic (exact) mass is 455 g/mol. The fourth-order valence-electron chi connectivity index (χ4n) is 4.23. The fraction of sp³-hybridized carbons (Fsp3) is 0.240. The van der Waals surface area contributed by atoms with Gasteiger partial charge in [-0.1, -0.05) is 30.3 Å². The molecule has 0 aliphatic carbocycles. The van der Waals surface area contributed by atoms with Crippen LogP contribution in [-0.4, -0.2) is 23.1 Å². The number of likely N-dealkylation sites (tertiary alicyclic amines) is 1. The van der Waals surface area contributed by atoms with E-state index in [1.807, 2.05) is 17.0 Å². The van der Waals surface area contributed by atoms with E-state index in [0.29, 0.717) is 0 Å². The van der Waals surface area contributed by atoms with E-state index in [9.17, 15) is 23.1 Å². The first-order valence-electron chi connectivity index (χ1n) is 10.6. The molecule has 0 atom stereocenters. The summed E-state index contributed by atoms with van der Waals surface area (Å²) in [4.78, 5) is 15.2. The van der Waals surface area contributed by atoms with Gasteiger partial charge in [-0.15, -0.1) is 0 Å². The standard InChI is InChI=1S/C25H20F3NO4/c26-25(27,28)24-23(32-17-8-7-15-5-1-2-6-16(15)13-17)21(31)18-9-10-20(30)19(22(18)33-24)14-29-11-3-4-12-29/h1-2,5-10,13,30H,3-4,11-12,14H2. The molecule has 3 aromatic carbocycles. The van der Waals surface area contributed by atoms with Gasteiger partial charge in [0.1, 0.15) is 17.1 Å². The Balaban J connectivity index is 1.67. The number of phenolic OH excluding ortho intramolecular Hbond substituents is 1. The van der Waals surface area contributed by atoms with Crippen molar-refractivity contribution in [3.8, 4) is 17.2 Å². The predicted octanol–water partition coefficient (Wildman–Crippen LogP) is 6.06. The van der Waals surface area contributed by atoms with Crippen molar-refractivity contribution in [2.75, 3.05) is 13.1 Å². The molecule has 0 unspecified atom stereocenters. The number of fused-ring (bicyclic) bond motifs is 2. The smallest absolute Gasteiger partial charge is 0.453 e. The van der Waals surface area contributed by atoms with Gasteiger partial charge in [-0.05, 0) is 61.0 Å². The summed E-state index contributed by atoms with van der Waals surface area (Å²) in [6.45, 7) is 1.71. The lowest BCUT2D eigenvalue weighted by molar-refractivity contribution is -0.154. The Bertz CT molecular complexity index is 1400. The molecule has 0 spiro atoms. The molecule has 1 aromatic heterocycles. The lowest BCUT2D eigenvalue weighted by atomic mass is 10.1. The Labute approximate surface area is 186 Å². The zero-order chi connectivity index (χ0) is 23.2. The summed E-state index contributed by atoms with van der Waals surface area (Å²) < 4.78 is 52.7. The molecule has 0 bridgehead atoms. The lowest BCUT2D eigenvalue weighted by Gasteiger charge is -2.18. The third kappa shape index (κ3) is 4.02. The highest BCUT2D eigenvalue weighted by Gasteiger charge is 2.41. The van der Waals surface area contributed by atoms with Gasteiger partial charge in [0.25, 0.3) is 5.76 Å². The van der Waals surface area contributed by atoms with Crippen molar-refractivity contribution in [3.05, 3.63) is 76.1 Å². The minimum Gasteiger partial charge on any atom is -0.507 e. The van der Waals surface area contributed by atoms with Gasteiger partial charge in [0, 0.05) is 6.54 Å². The second-order valence-electron chi connectivity index (χ2n) is 8.12. The number of hydrogen-bond donors (Lipinski definition) is 1. The van der Waals surface area contributed by atoms with E-state index in [0.717, 1.165) is 36.7 Å². The van der Waals surface area contributed by atoms with Crippen molar-refractivity contribution < 1.29 is 27.4 Å². The van der Waals surface area contributed by atoms with Crippen molar-refractivity contribution in [1.29, 1.82) is 0 Å². The number of aromatic hydroxyl groups is 1. The molecular weight excluding hydrogens is 435 g/mol. The largest absolute Gasteiger partial charge is 0.507 e. The van der Waals surface area contributed by atoms with E-state index in [-0.39, 0.29) is 34.6 Å². The number of phenols is 1. The average Bonchev–Trinajstić information content (AvgIpc) is 3.30.